The van der Waals surface area contributed by atoms with Crippen LogP contribution in [0.15, 0.2) is 29.3 Å². The number of urea groups is 1. The van der Waals surface area contributed by atoms with E-state index in [0.29, 0.717) is 37.6 Å². The van der Waals surface area contributed by atoms with Crippen LogP contribution in [0.5, 0.6) is 0 Å². The van der Waals surface area contributed by atoms with Crippen molar-refractivity contribution in [3.8, 4) is 0 Å². The molecule has 0 unspecified atom stereocenters. The molecule has 1 aromatic rings. The zero-order chi connectivity index (χ0) is 20.5. The molecule has 4 amide bonds. The fraction of sp³-hybridized carbons (Fsp3) is 0.474. The third kappa shape index (κ3) is 7.52. The zero-order valence-corrected chi connectivity index (χ0v) is 19.4. The third-order valence-electron chi connectivity index (χ3n) is 4.16. The second-order valence-electron chi connectivity index (χ2n) is 6.54. The summed E-state index contributed by atoms with van der Waals surface area (Å²) in [4.78, 5) is 42.4. The van der Waals surface area contributed by atoms with Crippen molar-refractivity contribution in [1.82, 2.24) is 25.8 Å². The van der Waals surface area contributed by atoms with E-state index >= 15 is 0 Å². The average Bonchev–Trinajstić information content (AvgIpc) is 2.99. The fourth-order valence-electron chi connectivity index (χ4n) is 2.72. The number of aliphatic imine (C=N–C) groups is 1. The minimum Gasteiger partial charge on any atom is -0.357 e. The molecule has 1 heterocycles. The molecule has 0 saturated carbocycles. The summed E-state index contributed by atoms with van der Waals surface area (Å²) in [6, 6.07) is 7.17. The summed E-state index contributed by atoms with van der Waals surface area (Å²) in [5, 5.41) is 8.75. The number of guanidine groups is 1. The van der Waals surface area contributed by atoms with Gasteiger partial charge in [0.2, 0.25) is 5.91 Å². The third-order valence-corrected chi connectivity index (χ3v) is 4.16. The van der Waals surface area contributed by atoms with Crippen LogP contribution in [-0.2, 0) is 11.2 Å². The Kier molecular flexibility index (Phi) is 10.4. The standard InChI is InChI=1S/C19H28N6O3.HI/c1-4-20-18(22-10-11-25-16(26)13-23-19(25)28)21-9-8-14-6-5-7-15(12-14)17(27)24(2)3;/h5-7,12H,4,8-11,13H2,1-3H3,(H,23,28)(H2,20,21,22);1H. The predicted molar refractivity (Wildman–Crippen MR) is 123 cm³/mol. The first-order valence-corrected chi connectivity index (χ1v) is 9.33. The molecule has 0 aliphatic carbocycles. The molecule has 1 aromatic carbocycles. The van der Waals surface area contributed by atoms with Gasteiger partial charge in [-0.15, -0.1) is 24.0 Å². The lowest BCUT2D eigenvalue weighted by Gasteiger charge is -2.15. The van der Waals surface area contributed by atoms with Crippen molar-refractivity contribution in [1.29, 1.82) is 0 Å². The van der Waals surface area contributed by atoms with Crippen LogP contribution in [0.1, 0.15) is 22.8 Å². The van der Waals surface area contributed by atoms with Gasteiger partial charge >= 0.3 is 6.03 Å². The Hall–Kier alpha value is -2.37. The van der Waals surface area contributed by atoms with Crippen LogP contribution < -0.4 is 16.0 Å². The van der Waals surface area contributed by atoms with Crippen LogP contribution in [0.2, 0.25) is 0 Å². The van der Waals surface area contributed by atoms with Crippen LogP contribution in [0.4, 0.5) is 4.79 Å². The molecule has 0 spiro atoms. The van der Waals surface area contributed by atoms with E-state index in [1.807, 2.05) is 25.1 Å². The average molecular weight is 516 g/mol. The Balaban J connectivity index is 0.00000420. The molecule has 1 aliphatic rings. The van der Waals surface area contributed by atoms with E-state index in [0.717, 1.165) is 5.56 Å². The molecule has 0 bridgehead atoms. The van der Waals surface area contributed by atoms with Gasteiger partial charge in [0.15, 0.2) is 5.96 Å². The maximum Gasteiger partial charge on any atom is 0.324 e. The zero-order valence-electron chi connectivity index (χ0n) is 17.0. The Morgan fingerprint density at radius 1 is 1.28 bits per heavy atom. The van der Waals surface area contributed by atoms with Crippen LogP contribution in [0.3, 0.4) is 0 Å². The van der Waals surface area contributed by atoms with E-state index in [4.69, 9.17) is 0 Å². The van der Waals surface area contributed by atoms with E-state index < -0.39 is 0 Å². The second-order valence-corrected chi connectivity index (χ2v) is 6.54. The number of carbonyl (C=O) groups is 3. The second kappa shape index (κ2) is 12.2. The molecule has 9 nitrogen and oxygen atoms in total. The highest BCUT2D eigenvalue weighted by atomic mass is 127. The number of hydrogen-bond donors (Lipinski definition) is 3. The van der Waals surface area contributed by atoms with Crippen molar-refractivity contribution < 1.29 is 14.4 Å². The number of rotatable bonds is 8. The van der Waals surface area contributed by atoms with Gasteiger partial charge in [0.05, 0.1) is 6.54 Å². The molecule has 0 radical (unpaired) electrons. The number of amides is 4. The molecule has 29 heavy (non-hydrogen) atoms. The molecule has 3 N–H and O–H groups in total. The summed E-state index contributed by atoms with van der Waals surface area (Å²) in [5.74, 6) is 0.372. The van der Waals surface area contributed by atoms with Crippen molar-refractivity contribution in [2.75, 3.05) is 46.8 Å². The van der Waals surface area contributed by atoms with Gasteiger partial charge in [0.1, 0.15) is 0 Å². The number of imide groups is 1. The van der Waals surface area contributed by atoms with Crippen molar-refractivity contribution in [2.45, 2.75) is 13.3 Å². The van der Waals surface area contributed by atoms with Gasteiger partial charge in [-0.25, -0.2) is 4.79 Å². The van der Waals surface area contributed by atoms with Gasteiger partial charge in [0, 0.05) is 45.8 Å². The van der Waals surface area contributed by atoms with E-state index in [2.05, 4.69) is 20.9 Å². The molecule has 2 rings (SSSR count). The highest BCUT2D eigenvalue weighted by Crippen LogP contribution is 2.08. The Morgan fingerprint density at radius 3 is 2.66 bits per heavy atom. The smallest absolute Gasteiger partial charge is 0.324 e. The summed E-state index contributed by atoms with van der Waals surface area (Å²) in [6.45, 7) is 3.95. The SMILES string of the molecule is CCNC(=NCCc1cccc(C(=O)N(C)C)c1)NCCN1C(=O)CNC1=O.I. The monoisotopic (exact) mass is 516 g/mol. The normalized spacial score (nSPS) is 13.6. The molecular weight excluding hydrogens is 487 g/mol. The van der Waals surface area contributed by atoms with Gasteiger partial charge in [-0.2, -0.15) is 0 Å². The van der Waals surface area contributed by atoms with E-state index in [-0.39, 0.29) is 54.9 Å². The fourth-order valence-corrected chi connectivity index (χ4v) is 2.72. The number of carbonyl (C=O) groups excluding carboxylic acids is 3. The molecule has 160 valence electrons. The lowest BCUT2D eigenvalue weighted by molar-refractivity contribution is -0.124. The molecule has 1 saturated heterocycles. The van der Waals surface area contributed by atoms with E-state index in [1.54, 1.807) is 25.1 Å². The summed E-state index contributed by atoms with van der Waals surface area (Å²) in [6.07, 6.45) is 0.693. The number of nitrogens with zero attached hydrogens (tertiary/aromatic N) is 3. The topological polar surface area (TPSA) is 106 Å². The summed E-state index contributed by atoms with van der Waals surface area (Å²) in [7, 11) is 3.46. The quantitative estimate of drug-likeness (QED) is 0.204. The van der Waals surface area contributed by atoms with Gasteiger partial charge < -0.3 is 20.9 Å². The lowest BCUT2D eigenvalue weighted by atomic mass is 10.1. The molecule has 0 aromatic heterocycles. The molecule has 10 heteroatoms. The van der Waals surface area contributed by atoms with Gasteiger partial charge in [-0.3, -0.25) is 19.5 Å². The Morgan fingerprint density at radius 2 is 2.03 bits per heavy atom. The van der Waals surface area contributed by atoms with Gasteiger partial charge in [-0.1, -0.05) is 12.1 Å². The number of halogens is 1. The maximum absolute atomic E-state index is 12.1. The molecule has 1 fully saturated rings. The first-order chi connectivity index (χ1) is 13.4. The Bertz CT molecular complexity index is 737. The van der Waals surface area contributed by atoms with Gasteiger partial charge in [-0.05, 0) is 31.0 Å². The van der Waals surface area contributed by atoms with E-state index in [9.17, 15) is 14.4 Å². The van der Waals surface area contributed by atoms with Crippen molar-refractivity contribution in [3.05, 3.63) is 35.4 Å². The van der Waals surface area contributed by atoms with Crippen molar-refractivity contribution in [2.24, 2.45) is 4.99 Å². The van der Waals surface area contributed by atoms with Crippen molar-refractivity contribution in [3.63, 3.8) is 0 Å². The summed E-state index contributed by atoms with van der Waals surface area (Å²) in [5.41, 5.74) is 1.69. The summed E-state index contributed by atoms with van der Waals surface area (Å²) >= 11 is 0. The maximum atomic E-state index is 12.1. The molecule has 1 aliphatic heterocycles. The number of benzene rings is 1. The highest BCUT2D eigenvalue weighted by Gasteiger charge is 2.27. The first-order valence-electron chi connectivity index (χ1n) is 9.33. The Labute approximate surface area is 188 Å². The van der Waals surface area contributed by atoms with Crippen molar-refractivity contribution >= 4 is 47.8 Å². The van der Waals surface area contributed by atoms with E-state index in [1.165, 1.54) is 4.90 Å². The van der Waals surface area contributed by atoms with Crippen LogP contribution in [-0.4, -0.2) is 80.4 Å². The number of nitrogens with one attached hydrogen (secondary N) is 3. The van der Waals surface area contributed by atoms with Crippen LogP contribution in [0, 0.1) is 0 Å². The largest absolute Gasteiger partial charge is 0.357 e. The lowest BCUT2D eigenvalue weighted by Crippen LogP contribution is -2.43. The number of hydrogen-bond acceptors (Lipinski definition) is 4. The summed E-state index contributed by atoms with van der Waals surface area (Å²) < 4.78 is 0. The highest BCUT2D eigenvalue weighted by molar-refractivity contribution is 14.0. The van der Waals surface area contributed by atoms with Gasteiger partial charge in [0.25, 0.3) is 5.91 Å². The first kappa shape index (κ1) is 24.7. The molecule has 0 atom stereocenters. The minimum absolute atomic E-state index is 0. The predicted octanol–water partition coefficient (Wildman–Crippen LogP) is 0.656. The molecular formula is C19H29IN6O3. The minimum atomic E-state index is -0.360. The van der Waals surface area contributed by atoms with Crippen LogP contribution >= 0.6 is 24.0 Å². The van der Waals surface area contributed by atoms with Crippen LogP contribution in [0.25, 0.3) is 0 Å².